The van der Waals surface area contributed by atoms with Crippen LogP contribution in [0.25, 0.3) is 11.3 Å². The summed E-state index contributed by atoms with van der Waals surface area (Å²) in [4.78, 5) is 41.2. The number of alkyl halides is 3. The second kappa shape index (κ2) is 18.1. The van der Waals surface area contributed by atoms with Crippen molar-refractivity contribution in [3.8, 4) is 17.0 Å². The molecule has 2 saturated heterocycles. The van der Waals surface area contributed by atoms with Gasteiger partial charge in [-0.1, -0.05) is 0 Å². The number of rotatable bonds is 10. The predicted molar refractivity (Wildman–Crippen MR) is 177 cm³/mol. The number of aldehydes is 2. The highest BCUT2D eigenvalue weighted by Crippen LogP contribution is 2.42. The molecule has 4 heterocycles. The molecule has 0 radical (unpaired) electrons. The van der Waals surface area contributed by atoms with E-state index in [4.69, 9.17) is 5.11 Å². The third-order valence-electron chi connectivity index (χ3n) is 8.12. The summed E-state index contributed by atoms with van der Waals surface area (Å²) in [6, 6.07) is 2.68. The second-order valence-electron chi connectivity index (χ2n) is 11.3. The molecule has 2 aliphatic rings. The number of halogens is 4. The zero-order valence-corrected chi connectivity index (χ0v) is 28.6. The van der Waals surface area contributed by atoms with Crippen LogP contribution in [0.15, 0.2) is 24.5 Å². The van der Waals surface area contributed by atoms with Crippen molar-refractivity contribution in [2.45, 2.75) is 57.9 Å². The number of likely N-dealkylation sites (tertiary alicyclic amines) is 1. The molecule has 2 aromatic heterocycles. The molecule has 3 aromatic rings. The standard InChI is InChI=1S/C18H21F4N3OS.C13H18N4O2.CH4O/c1-10-5-4-6-25(10)9-14-15(24-17(23-2)27-14)11-7-12(18(20,21)22)16(26-3)13(19)8-11;1-11-9-16(3-2-6-18)4-5-17(11)13-8-14-12(10-19)7-15-13;1-2/h7-8,10H,4-6,9H2,1-3H3,(H,23,24);6-8,10-11H,2-5,9H2,1H3;2H,1H3. The third kappa shape index (κ3) is 9.90. The number of carbonyl (C=O) groups excluding carboxylic acids is 2. The highest BCUT2D eigenvalue weighted by atomic mass is 32.1. The number of nitrogens with zero attached hydrogens (tertiary/aromatic N) is 6. The van der Waals surface area contributed by atoms with Crippen molar-refractivity contribution in [3.63, 3.8) is 0 Å². The minimum Gasteiger partial charge on any atom is -0.493 e. The average Bonchev–Trinajstić information content (AvgIpc) is 3.69. The molecule has 0 spiro atoms. The van der Waals surface area contributed by atoms with Gasteiger partial charge >= 0.3 is 6.18 Å². The zero-order chi connectivity index (χ0) is 35.4. The number of hydrogen-bond acceptors (Lipinski definition) is 12. The van der Waals surface area contributed by atoms with Crippen LogP contribution in [0.3, 0.4) is 0 Å². The molecular formula is C32H43F4N7O4S. The van der Waals surface area contributed by atoms with E-state index in [0.717, 1.165) is 88.9 Å². The molecule has 1 aromatic carbocycles. The van der Waals surface area contributed by atoms with E-state index in [2.05, 4.69) is 53.6 Å². The molecule has 2 atom stereocenters. The zero-order valence-electron chi connectivity index (χ0n) is 27.8. The molecular weight excluding hydrogens is 654 g/mol. The Morgan fingerprint density at radius 1 is 1.10 bits per heavy atom. The first-order valence-electron chi connectivity index (χ1n) is 15.5. The molecule has 264 valence electrons. The summed E-state index contributed by atoms with van der Waals surface area (Å²) in [5.41, 5.74) is -0.323. The summed E-state index contributed by atoms with van der Waals surface area (Å²) < 4.78 is 59.1. The molecule has 5 rings (SSSR count). The molecule has 0 saturated carbocycles. The quantitative estimate of drug-likeness (QED) is 0.220. The lowest BCUT2D eigenvalue weighted by molar-refractivity contribution is -0.139. The number of aliphatic hydroxyl groups is 1. The molecule has 2 fully saturated rings. The Kier molecular flexibility index (Phi) is 14.6. The van der Waals surface area contributed by atoms with Crippen LogP contribution in [-0.2, 0) is 17.5 Å². The Bertz CT molecular complexity index is 1480. The van der Waals surface area contributed by atoms with Gasteiger partial charge in [0.2, 0.25) is 0 Å². The number of anilines is 2. The van der Waals surface area contributed by atoms with Crippen LogP contribution >= 0.6 is 11.3 Å². The van der Waals surface area contributed by atoms with Crippen LogP contribution in [-0.4, -0.2) is 109 Å². The van der Waals surface area contributed by atoms with Crippen molar-refractivity contribution in [2.24, 2.45) is 0 Å². The van der Waals surface area contributed by atoms with Crippen molar-refractivity contribution in [3.05, 3.63) is 46.5 Å². The normalized spacial score (nSPS) is 18.3. The summed E-state index contributed by atoms with van der Waals surface area (Å²) in [5.74, 6) is -1.06. The van der Waals surface area contributed by atoms with Crippen molar-refractivity contribution < 1.29 is 37.0 Å². The largest absolute Gasteiger partial charge is 0.493 e. The molecule has 16 heteroatoms. The van der Waals surface area contributed by atoms with E-state index in [0.29, 0.717) is 47.9 Å². The highest BCUT2D eigenvalue weighted by Gasteiger charge is 2.37. The Balaban J connectivity index is 0.000000262. The lowest BCUT2D eigenvalue weighted by Gasteiger charge is -2.40. The molecule has 11 nitrogen and oxygen atoms in total. The van der Waals surface area contributed by atoms with Gasteiger partial charge in [-0.05, 0) is 45.4 Å². The first-order valence-corrected chi connectivity index (χ1v) is 16.3. The number of piperazine rings is 1. The fourth-order valence-electron chi connectivity index (χ4n) is 5.70. The fourth-order valence-corrected chi connectivity index (χ4v) is 6.67. The average molecular weight is 698 g/mol. The number of hydrogen-bond donors (Lipinski definition) is 2. The number of carbonyl (C=O) groups is 2. The maximum absolute atomic E-state index is 14.3. The highest BCUT2D eigenvalue weighted by molar-refractivity contribution is 7.16. The maximum Gasteiger partial charge on any atom is 0.420 e. The van der Waals surface area contributed by atoms with Gasteiger partial charge in [-0.25, -0.2) is 19.3 Å². The van der Waals surface area contributed by atoms with E-state index < -0.39 is 23.3 Å². The minimum atomic E-state index is -4.73. The maximum atomic E-state index is 14.3. The summed E-state index contributed by atoms with van der Waals surface area (Å²) in [5, 5.41) is 10.5. The van der Waals surface area contributed by atoms with Crippen LogP contribution in [0.2, 0.25) is 0 Å². The predicted octanol–water partition coefficient (Wildman–Crippen LogP) is 5.00. The second-order valence-corrected chi connectivity index (χ2v) is 12.3. The molecule has 0 amide bonds. The number of aromatic nitrogens is 3. The number of aliphatic hydroxyl groups excluding tert-OH is 1. The van der Waals surface area contributed by atoms with Gasteiger partial charge in [0.05, 0.1) is 25.2 Å². The van der Waals surface area contributed by atoms with Gasteiger partial charge in [0.15, 0.2) is 23.0 Å². The summed E-state index contributed by atoms with van der Waals surface area (Å²) in [6.45, 7) is 9.25. The SMILES string of the molecule is CC1CN(CCC=O)CCN1c1cnc(C=O)cn1.CNc1nc(-c2cc(F)c(OC)c(C(F)(F)F)c2)c(CN2CCCC2C)s1.CO. The summed E-state index contributed by atoms with van der Waals surface area (Å²) in [7, 11) is 3.72. The van der Waals surface area contributed by atoms with Crippen molar-refractivity contribution in [1.29, 1.82) is 0 Å². The summed E-state index contributed by atoms with van der Waals surface area (Å²) in [6.07, 6.45) is 2.81. The third-order valence-corrected chi connectivity index (χ3v) is 9.18. The number of thiazole rings is 1. The number of nitrogens with one attached hydrogen (secondary N) is 1. The van der Waals surface area contributed by atoms with E-state index in [1.165, 1.54) is 17.5 Å². The molecule has 2 N–H and O–H groups in total. The Labute approximate surface area is 282 Å². The Morgan fingerprint density at radius 2 is 1.85 bits per heavy atom. The van der Waals surface area contributed by atoms with Gasteiger partial charge in [0.25, 0.3) is 0 Å². The van der Waals surface area contributed by atoms with Crippen LogP contribution < -0.4 is 15.0 Å². The molecule has 48 heavy (non-hydrogen) atoms. The van der Waals surface area contributed by atoms with Gasteiger partial charge in [-0.15, -0.1) is 11.3 Å². The number of benzene rings is 1. The van der Waals surface area contributed by atoms with E-state index in [-0.39, 0.29) is 5.56 Å². The smallest absolute Gasteiger partial charge is 0.420 e. The van der Waals surface area contributed by atoms with E-state index >= 15 is 0 Å². The van der Waals surface area contributed by atoms with Crippen LogP contribution in [0.4, 0.5) is 28.5 Å². The Morgan fingerprint density at radius 3 is 2.40 bits per heavy atom. The fraction of sp³-hybridized carbons (Fsp3) is 0.531. The monoisotopic (exact) mass is 697 g/mol. The number of methoxy groups -OCH3 is 1. The molecule has 0 bridgehead atoms. The molecule has 2 aliphatic heterocycles. The van der Waals surface area contributed by atoms with Gasteiger partial charge in [-0.3, -0.25) is 14.6 Å². The first-order chi connectivity index (χ1) is 23.0. The van der Waals surface area contributed by atoms with Crippen LogP contribution in [0.1, 0.15) is 54.0 Å². The minimum absolute atomic E-state index is 0.0974. The summed E-state index contributed by atoms with van der Waals surface area (Å²) >= 11 is 1.37. The van der Waals surface area contributed by atoms with Gasteiger partial charge < -0.3 is 24.9 Å². The van der Waals surface area contributed by atoms with Gasteiger partial charge in [0.1, 0.15) is 23.4 Å². The van der Waals surface area contributed by atoms with Crippen LogP contribution in [0.5, 0.6) is 5.75 Å². The van der Waals surface area contributed by atoms with Crippen LogP contribution in [0, 0.1) is 5.82 Å². The lowest BCUT2D eigenvalue weighted by atomic mass is 10.0. The van der Waals surface area contributed by atoms with Gasteiger partial charge in [0, 0.05) is 75.8 Å². The van der Waals surface area contributed by atoms with Gasteiger partial charge in [-0.2, -0.15) is 13.2 Å². The lowest BCUT2D eigenvalue weighted by Crippen LogP contribution is -2.52. The van der Waals surface area contributed by atoms with E-state index in [9.17, 15) is 27.2 Å². The Hall–Kier alpha value is -3.73. The van der Waals surface area contributed by atoms with Crippen molar-refractivity contribution >= 4 is 34.9 Å². The van der Waals surface area contributed by atoms with E-state index in [1.807, 2.05) is 0 Å². The number of ether oxygens (including phenoxy) is 1. The molecule has 2 unspecified atom stereocenters. The first kappa shape index (κ1) is 38.7. The van der Waals surface area contributed by atoms with E-state index in [1.54, 1.807) is 13.2 Å². The molecule has 0 aliphatic carbocycles. The van der Waals surface area contributed by atoms with Crippen molar-refractivity contribution in [1.82, 2.24) is 24.8 Å². The topological polar surface area (TPSA) is 124 Å². The van der Waals surface area contributed by atoms with Crippen molar-refractivity contribution in [2.75, 3.05) is 64.2 Å².